The third-order valence-electron chi connectivity index (χ3n) is 3.64. The van der Waals surface area contributed by atoms with Gasteiger partial charge in [0, 0.05) is 0 Å². The average Bonchev–Trinajstić information content (AvgIpc) is 2.21. The van der Waals surface area contributed by atoms with Gasteiger partial charge in [-0.3, -0.25) is 0 Å². The van der Waals surface area contributed by atoms with Crippen LogP contribution in [0.3, 0.4) is 0 Å². The molecule has 1 saturated carbocycles. The molecule has 0 aromatic heterocycles. The predicted octanol–water partition coefficient (Wildman–Crippen LogP) is 4.29. The van der Waals surface area contributed by atoms with E-state index in [-0.39, 0.29) is 14.9 Å². The Morgan fingerprint density at radius 2 is 1.53 bits per heavy atom. The summed E-state index contributed by atoms with van der Waals surface area (Å²) in [5.74, 6) is 0. The molecular weight excluding hydrogens is 212 g/mol. The molecule has 1 aliphatic carbocycles. The molecule has 0 aliphatic heterocycles. The van der Waals surface area contributed by atoms with Crippen LogP contribution in [0.15, 0.2) is 0 Å². The van der Waals surface area contributed by atoms with Crippen molar-refractivity contribution in [2.45, 2.75) is 97.7 Å². The van der Waals surface area contributed by atoms with Gasteiger partial charge in [-0.2, -0.15) is 0 Å². The van der Waals surface area contributed by atoms with Crippen LogP contribution in [0.4, 0.5) is 0 Å². The first-order valence-electron chi connectivity index (χ1n) is 6.59. The maximum Gasteiger partial charge on any atom is 0.0905 e. The summed E-state index contributed by atoms with van der Waals surface area (Å²) in [5.41, 5.74) is -0.800. The van der Waals surface area contributed by atoms with Gasteiger partial charge in [-0.15, -0.1) is 0 Å². The molecule has 1 fully saturated rings. The Labute approximate surface area is 108 Å². The van der Waals surface area contributed by atoms with Gasteiger partial charge in [0.2, 0.25) is 0 Å². The van der Waals surface area contributed by atoms with Gasteiger partial charge in [0.15, 0.2) is 0 Å². The highest BCUT2D eigenvalue weighted by atomic mass is 16.3. The Hall–Kier alpha value is -0.0800. The van der Waals surface area contributed by atoms with E-state index in [4.69, 9.17) is 0 Å². The SMILES string of the molecule is C.C.CCCC1(O)CCCCCCCCC1O. The maximum absolute atomic E-state index is 10.4. The van der Waals surface area contributed by atoms with E-state index in [0.717, 1.165) is 38.5 Å². The molecule has 17 heavy (non-hydrogen) atoms. The Bertz CT molecular complexity index is 170. The third-order valence-corrected chi connectivity index (χ3v) is 3.64. The van der Waals surface area contributed by atoms with Crippen LogP contribution in [-0.2, 0) is 0 Å². The first-order chi connectivity index (χ1) is 7.19. The minimum absolute atomic E-state index is 0. The van der Waals surface area contributed by atoms with Gasteiger partial charge in [-0.1, -0.05) is 66.7 Å². The molecule has 0 amide bonds. The Kier molecular flexibility index (Phi) is 11.2. The van der Waals surface area contributed by atoms with Crippen molar-refractivity contribution in [2.75, 3.05) is 0 Å². The summed E-state index contributed by atoms with van der Waals surface area (Å²) in [7, 11) is 0. The summed E-state index contributed by atoms with van der Waals surface area (Å²) in [6.45, 7) is 2.07. The molecule has 2 nitrogen and oxygen atoms in total. The van der Waals surface area contributed by atoms with E-state index in [2.05, 4.69) is 6.92 Å². The summed E-state index contributed by atoms with van der Waals surface area (Å²) >= 11 is 0. The lowest BCUT2D eigenvalue weighted by atomic mass is 9.82. The number of aliphatic hydroxyl groups excluding tert-OH is 1. The molecule has 2 unspecified atom stereocenters. The van der Waals surface area contributed by atoms with Crippen molar-refractivity contribution in [3.05, 3.63) is 0 Å². The second kappa shape index (κ2) is 9.90. The monoisotopic (exact) mass is 246 g/mol. The van der Waals surface area contributed by atoms with Crippen LogP contribution in [0, 0.1) is 0 Å². The molecule has 0 saturated heterocycles. The number of rotatable bonds is 2. The van der Waals surface area contributed by atoms with Crippen molar-refractivity contribution in [2.24, 2.45) is 0 Å². The van der Waals surface area contributed by atoms with Crippen LogP contribution in [0.25, 0.3) is 0 Å². The molecule has 2 N–H and O–H groups in total. The van der Waals surface area contributed by atoms with Crippen molar-refractivity contribution < 1.29 is 10.2 Å². The van der Waals surface area contributed by atoms with Gasteiger partial charge >= 0.3 is 0 Å². The molecule has 1 aliphatic rings. The van der Waals surface area contributed by atoms with E-state index in [1.165, 1.54) is 25.7 Å². The van der Waals surface area contributed by atoms with Gasteiger partial charge in [0.1, 0.15) is 0 Å². The van der Waals surface area contributed by atoms with Crippen molar-refractivity contribution in [1.82, 2.24) is 0 Å². The number of hydrogen-bond donors (Lipinski definition) is 2. The lowest BCUT2D eigenvalue weighted by molar-refractivity contribution is -0.0917. The Morgan fingerprint density at radius 1 is 1.00 bits per heavy atom. The zero-order valence-electron chi connectivity index (χ0n) is 10.0. The van der Waals surface area contributed by atoms with Crippen LogP contribution in [-0.4, -0.2) is 21.9 Å². The van der Waals surface area contributed by atoms with Gasteiger partial charge in [-0.05, 0) is 19.3 Å². The fourth-order valence-electron chi connectivity index (χ4n) is 2.64. The third kappa shape index (κ3) is 6.42. The van der Waals surface area contributed by atoms with Gasteiger partial charge < -0.3 is 10.2 Å². The first kappa shape index (κ1) is 19.3. The first-order valence-corrected chi connectivity index (χ1v) is 6.59. The largest absolute Gasteiger partial charge is 0.390 e. The van der Waals surface area contributed by atoms with E-state index in [9.17, 15) is 10.2 Å². The van der Waals surface area contributed by atoms with E-state index in [1.54, 1.807) is 0 Å². The lowest BCUT2D eigenvalue weighted by Crippen LogP contribution is -2.42. The second-order valence-electron chi connectivity index (χ2n) is 5.03. The minimum Gasteiger partial charge on any atom is -0.390 e. The molecular formula is C15H34O2. The van der Waals surface area contributed by atoms with Crippen LogP contribution in [0.1, 0.15) is 86.0 Å². The fraction of sp³-hybridized carbons (Fsp3) is 1.00. The summed E-state index contributed by atoms with van der Waals surface area (Å²) in [6.07, 6.45) is 9.87. The van der Waals surface area contributed by atoms with Crippen molar-refractivity contribution in [1.29, 1.82) is 0 Å². The zero-order chi connectivity index (χ0) is 11.1. The molecule has 0 aromatic rings. The van der Waals surface area contributed by atoms with E-state index in [0.29, 0.717) is 0 Å². The molecule has 2 atom stereocenters. The second-order valence-corrected chi connectivity index (χ2v) is 5.03. The highest BCUT2D eigenvalue weighted by Crippen LogP contribution is 2.29. The smallest absolute Gasteiger partial charge is 0.0905 e. The highest BCUT2D eigenvalue weighted by Gasteiger charge is 2.33. The average molecular weight is 246 g/mol. The van der Waals surface area contributed by atoms with Crippen LogP contribution < -0.4 is 0 Å². The molecule has 2 heteroatoms. The molecule has 0 radical (unpaired) electrons. The predicted molar refractivity (Wildman–Crippen MR) is 76.3 cm³/mol. The lowest BCUT2D eigenvalue weighted by Gasteiger charge is -2.33. The van der Waals surface area contributed by atoms with Gasteiger partial charge in [0.25, 0.3) is 0 Å². The van der Waals surface area contributed by atoms with Crippen molar-refractivity contribution in [3.63, 3.8) is 0 Å². The topological polar surface area (TPSA) is 40.5 Å². The Morgan fingerprint density at radius 3 is 2.12 bits per heavy atom. The van der Waals surface area contributed by atoms with Crippen LogP contribution in [0.2, 0.25) is 0 Å². The number of aliphatic hydroxyl groups is 2. The summed E-state index contributed by atoms with van der Waals surface area (Å²) < 4.78 is 0. The maximum atomic E-state index is 10.4. The van der Waals surface area contributed by atoms with Crippen LogP contribution >= 0.6 is 0 Å². The molecule has 0 heterocycles. The van der Waals surface area contributed by atoms with Crippen LogP contribution in [0.5, 0.6) is 0 Å². The standard InChI is InChI=1S/C13H26O2.2CH4/c1-2-10-13(15)11-8-6-4-3-5-7-9-12(13)14;;/h12,14-15H,2-11H2,1H3;2*1H4. The molecule has 0 aromatic carbocycles. The molecule has 1 rings (SSSR count). The number of hydrogen-bond acceptors (Lipinski definition) is 2. The highest BCUT2D eigenvalue weighted by molar-refractivity contribution is 4.86. The van der Waals surface area contributed by atoms with E-state index < -0.39 is 11.7 Å². The molecule has 0 spiro atoms. The van der Waals surface area contributed by atoms with Crippen molar-refractivity contribution >= 4 is 0 Å². The van der Waals surface area contributed by atoms with E-state index in [1.807, 2.05) is 0 Å². The molecule has 0 bridgehead atoms. The zero-order valence-corrected chi connectivity index (χ0v) is 10.0. The van der Waals surface area contributed by atoms with Gasteiger partial charge in [0.05, 0.1) is 11.7 Å². The van der Waals surface area contributed by atoms with Crippen molar-refractivity contribution in [3.8, 4) is 0 Å². The van der Waals surface area contributed by atoms with Gasteiger partial charge in [-0.25, -0.2) is 0 Å². The summed E-state index contributed by atoms with van der Waals surface area (Å²) in [6, 6.07) is 0. The fourth-order valence-corrected chi connectivity index (χ4v) is 2.64. The van der Waals surface area contributed by atoms with E-state index >= 15 is 0 Å². The minimum atomic E-state index is -0.800. The molecule has 106 valence electrons. The Balaban J connectivity index is 0. The quantitative estimate of drug-likeness (QED) is 0.763. The summed E-state index contributed by atoms with van der Waals surface area (Å²) in [4.78, 5) is 0. The normalized spacial score (nSPS) is 30.9. The summed E-state index contributed by atoms with van der Waals surface area (Å²) in [5, 5.41) is 20.4.